The second-order valence-corrected chi connectivity index (χ2v) is 9.23. The third kappa shape index (κ3) is 5.16. The Hall–Kier alpha value is -1.75. The zero-order valence-corrected chi connectivity index (χ0v) is 18.0. The van der Waals surface area contributed by atoms with Gasteiger partial charge >= 0.3 is 0 Å². The Balaban J connectivity index is 1.92. The normalized spacial score (nSPS) is 19.6. The van der Waals surface area contributed by atoms with Gasteiger partial charge in [0.1, 0.15) is 13.1 Å². The number of benzene rings is 2. The number of likely N-dealkylation sites (N-methyl/N-ethyl adjacent to an activating group) is 1. The van der Waals surface area contributed by atoms with Crippen LogP contribution in [-0.2, 0) is 4.79 Å². The van der Waals surface area contributed by atoms with Gasteiger partial charge in [-0.15, -0.1) is 23.5 Å². The number of hydrogen-bond donors (Lipinski definition) is 0. The van der Waals surface area contributed by atoms with Crippen molar-refractivity contribution in [3.05, 3.63) is 70.8 Å². The molecule has 1 aliphatic rings. The molecule has 0 bridgehead atoms. The van der Waals surface area contributed by atoms with Gasteiger partial charge < -0.3 is 4.48 Å². The minimum Gasteiger partial charge on any atom is -0.321 e. The molecule has 2 aromatic carbocycles. The maximum atomic E-state index is 13.1. The predicted molar refractivity (Wildman–Crippen MR) is 119 cm³/mol. The van der Waals surface area contributed by atoms with Crippen LogP contribution in [0.15, 0.2) is 69.5 Å². The molecule has 140 valence electrons. The van der Waals surface area contributed by atoms with Crippen molar-refractivity contribution in [1.82, 2.24) is 0 Å². The fraction of sp³-hybridized carbons (Fsp3) is 0.261. The highest BCUT2D eigenvalue weighted by molar-refractivity contribution is 7.98. The first-order chi connectivity index (χ1) is 12.9. The average molecular weight is 397 g/mol. The second kappa shape index (κ2) is 8.51. The lowest BCUT2D eigenvalue weighted by Crippen LogP contribution is -2.48. The standard InChI is InChI=1S/C23H26NOS2/c1-24(2)15-19(13-17-5-9-21(26-3)10-6-17)23(25)20(16-24)14-18-7-11-22(27-4)12-8-18/h5-14H,15-16H2,1-4H3/q+1/b19-13-,20-14-. The topological polar surface area (TPSA) is 17.1 Å². The quantitative estimate of drug-likeness (QED) is 0.399. The van der Waals surface area contributed by atoms with Crippen molar-refractivity contribution in [2.24, 2.45) is 0 Å². The van der Waals surface area contributed by atoms with Crippen molar-refractivity contribution in [3.63, 3.8) is 0 Å². The number of Topliss-reactive ketones (excluding diaryl/α,β-unsaturated/α-hetero) is 1. The summed E-state index contributed by atoms with van der Waals surface area (Å²) in [6, 6.07) is 16.8. The molecule has 0 radical (unpaired) electrons. The lowest BCUT2D eigenvalue weighted by Gasteiger charge is -2.35. The number of carbonyl (C=O) groups excluding carboxylic acids is 1. The largest absolute Gasteiger partial charge is 0.321 e. The molecule has 0 saturated carbocycles. The van der Waals surface area contributed by atoms with E-state index < -0.39 is 0 Å². The molecule has 0 unspecified atom stereocenters. The molecule has 1 saturated heterocycles. The summed E-state index contributed by atoms with van der Waals surface area (Å²) < 4.78 is 0.787. The molecule has 0 aromatic heterocycles. The fourth-order valence-electron chi connectivity index (χ4n) is 3.35. The Morgan fingerprint density at radius 1 is 0.741 bits per heavy atom. The molecule has 2 nitrogen and oxygen atoms in total. The monoisotopic (exact) mass is 396 g/mol. The van der Waals surface area contributed by atoms with Crippen molar-refractivity contribution in [2.75, 3.05) is 39.7 Å². The van der Waals surface area contributed by atoms with Crippen LogP contribution < -0.4 is 0 Å². The molecule has 27 heavy (non-hydrogen) atoms. The number of carbonyl (C=O) groups is 1. The van der Waals surface area contributed by atoms with Gasteiger partial charge in [-0.1, -0.05) is 24.3 Å². The first kappa shape index (κ1) is 20.0. The predicted octanol–water partition coefficient (Wildman–Crippen LogP) is 5.26. The van der Waals surface area contributed by atoms with Crippen molar-refractivity contribution in [3.8, 4) is 0 Å². The first-order valence-electron chi connectivity index (χ1n) is 8.96. The number of hydrogen-bond acceptors (Lipinski definition) is 3. The SMILES string of the molecule is CSc1ccc(/C=C2/C[N+](C)(C)C/C(=C/c3ccc(SC)cc3)C2=O)cc1. The molecule has 3 rings (SSSR count). The Kier molecular flexibility index (Phi) is 6.30. The summed E-state index contributed by atoms with van der Waals surface area (Å²) in [5.41, 5.74) is 3.94. The van der Waals surface area contributed by atoms with Crippen LogP contribution in [-0.4, -0.2) is 50.0 Å². The summed E-state index contributed by atoms with van der Waals surface area (Å²) in [5.74, 6) is 0.176. The number of thioether (sulfide) groups is 2. The van der Waals surface area contributed by atoms with Crippen LogP contribution in [0, 0.1) is 0 Å². The molecule has 1 fully saturated rings. The average Bonchev–Trinajstić information content (AvgIpc) is 2.66. The molecule has 4 heteroatoms. The van der Waals surface area contributed by atoms with Crippen molar-refractivity contribution in [2.45, 2.75) is 9.79 Å². The number of rotatable bonds is 4. The third-order valence-electron chi connectivity index (χ3n) is 4.69. The van der Waals surface area contributed by atoms with Gasteiger partial charge in [0, 0.05) is 9.79 Å². The van der Waals surface area contributed by atoms with E-state index in [1.165, 1.54) is 9.79 Å². The molecule has 0 spiro atoms. The van der Waals surface area contributed by atoms with E-state index in [0.29, 0.717) is 0 Å². The van der Waals surface area contributed by atoms with Crippen LogP contribution in [0.25, 0.3) is 12.2 Å². The highest BCUT2D eigenvalue weighted by Crippen LogP contribution is 2.26. The van der Waals surface area contributed by atoms with Crippen molar-refractivity contribution in [1.29, 1.82) is 0 Å². The minimum absolute atomic E-state index is 0.176. The lowest BCUT2D eigenvalue weighted by atomic mass is 9.93. The Morgan fingerprint density at radius 2 is 1.11 bits per heavy atom. The summed E-state index contributed by atoms with van der Waals surface area (Å²) in [6.45, 7) is 1.51. The summed E-state index contributed by atoms with van der Waals surface area (Å²) in [6.07, 6.45) is 8.24. The van der Waals surface area contributed by atoms with Gasteiger partial charge in [-0.2, -0.15) is 0 Å². The summed E-state index contributed by atoms with van der Waals surface area (Å²) in [4.78, 5) is 15.6. The van der Waals surface area contributed by atoms with E-state index in [-0.39, 0.29) is 5.78 Å². The lowest BCUT2D eigenvalue weighted by molar-refractivity contribution is -0.881. The van der Waals surface area contributed by atoms with Crippen LogP contribution in [0.3, 0.4) is 0 Å². The van der Waals surface area contributed by atoms with Gasteiger partial charge in [-0.05, 0) is 60.1 Å². The summed E-state index contributed by atoms with van der Waals surface area (Å²) >= 11 is 3.45. The maximum absolute atomic E-state index is 13.1. The molecule has 0 amide bonds. The van der Waals surface area contributed by atoms with E-state index in [4.69, 9.17) is 0 Å². The van der Waals surface area contributed by atoms with E-state index in [0.717, 1.165) is 39.8 Å². The molecule has 2 aromatic rings. The van der Waals surface area contributed by atoms with Gasteiger partial charge in [0.25, 0.3) is 0 Å². The van der Waals surface area contributed by atoms with E-state index >= 15 is 0 Å². The second-order valence-electron chi connectivity index (χ2n) is 7.47. The van der Waals surface area contributed by atoms with E-state index in [9.17, 15) is 4.79 Å². The summed E-state index contributed by atoms with van der Waals surface area (Å²) in [7, 11) is 4.36. The third-order valence-corrected chi connectivity index (χ3v) is 6.18. The molecule has 1 aliphatic heterocycles. The van der Waals surface area contributed by atoms with Gasteiger partial charge in [-0.25, -0.2) is 0 Å². The molecular weight excluding hydrogens is 370 g/mol. The van der Waals surface area contributed by atoms with E-state index in [2.05, 4.69) is 87.3 Å². The van der Waals surface area contributed by atoms with Gasteiger partial charge in [0.05, 0.1) is 25.2 Å². The van der Waals surface area contributed by atoms with Crippen LogP contribution in [0.2, 0.25) is 0 Å². The Bertz CT molecular complexity index is 806. The van der Waals surface area contributed by atoms with Crippen molar-refractivity contribution >= 4 is 41.5 Å². The van der Waals surface area contributed by atoms with Crippen LogP contribution in [0.1, 0.15) is 11.1 Å². The number of nitrogens with zero attached hydrogens (tertiary/aromatic N) is 1. The zero-order valence-electron chi connectivity index (χ0n) is 16.4. The Labute approximate surface area is 170 Å². The maximum Gasteiger partial charge on any atom is 0.196 e. The highest BCUT2D eigenvalue weighted by Gasteiger charge is 2.33. The van der Waals surface area contributed by atoms with Crippen LogP contribution in [0.5, 0.6) is 0 Å². The van der Waals surface area contributed by atoms with Crippen LogP contribution >= 0.6 is 23.5 Å². The number of ketones is 1. The van der Waals surface area contributed by atoms with Gasteiger partial charge in [0.15, 0.2) is 5.78 Å². The number of likely N-dealkylation sites (tertiary alicyclic amines) is 1. The first-order valence-corrected chi connectivity index (χ1v) is 11.4. The highest BCUT2D eigenvalue weighted by atomic mass is 32.2. The van der Waals surface area contributed by atoms with Crippen molar-refractivity contribution < 1.29 is 9.28 Å². The van der Waals surface area contributed by atoms with Gasteiger partial charge in [0.2, 0.25) is 0 Å². The van der Waals surface area contributed by atoms with Crippen LogP contribution in [0.4, 0.5) is 0 Å². The number of piperidine rings is 1. The minimum atomic E-state index is 0.176. The Morgan fingerprint density at radius 3 is 1.44 bits per heavy atom. The smallest absolute Gasteiger partial charge is 0.196 e. The summed E-state index contributed by atoms with van der Waals surface area (Å²) in [5, 5.41) is 0. The zero-order chi connectivity index (χ0) is 19.4. The van der Waals surface area contributed by atoms with Gasteiger partial charge in [-0.3, -0.25) is 4.79 Å². The molecular formula is C23H26NOS2+. The molecule has 0 N–H and O–H groups in total. The molecule has 0 aliphatic carbocycles. The number of quaternary nitrogens is 1. The van der Waals surface area contributed by atoms with E-state index in [1.54, 1.807) is 23.5 Å². The fourth-order valence-corrected chi connectivity index (χ4v) is 4.17. The van der Waals surface area contributed by atoms with E-state index in [1.807, 2.05) is 0 Å². The molecule has 1 heterocycles. The molecule has 0 atom stereocenters.